The Morgan fingerprint density at radius 3 is 2.77 bits per heavy atom. The molecular weight excluding hydrogens is 330 g/mol. The normalized spacial score (nSPS) is 16.6. The summed E-state index contributed by atoms with van der Waals surface area (Å²) in [7, 11) is 0. The third-order valence-corrected chi connectivity index (χ3v) is 4.80. The van der Waals surface area contributed by atoms with Crippen LogP contribution in [0.5, 0.6) is 0 Å². The van der Waals surface area contributed by atoms with E-state index in [0.717, 1.165) is 25.0 Å². The number of carbonyl (C=O) groups is 1. The van der Waals surface area contributed by atoms with Crippen molar-refractivity contribution in [2.24, 2.45) is 0 Å². The zero-order valence-corrected chi connectivity index (χ0v) is 15.4. The summed E-state index contributed by atoms with van der Waals surface area (Å²) >= 11 is 0. The van der Waals surface area contributed by atoms with Crippen LogP contribution in [-0.2, 0) is 17.8 Å². The minimum absolute atomic E-state index is 0.0532. The van der Waals surface area contributed by atoms with Crippen LogP contribution in [0.2, 0.25) is 0 Å². The second-order valence-corrected chi connectivity index (χ2v) is 6.64. The van der Waals surface area contributed by atoms with Crippen LogP contribution in [0, 0.1) is 6.92 Å². The van der Waals surface area contributed by atoms with Crippen molar-refractivity contribution in [2.45, 2.75) is 45.9 Å². The van der Waals surface area contributed by atoms with Crippen LogP contribution in [0.25, 0.3) is 0 Å². The van der Waals surface area contributed by atoms with Crippen LogP contribution in [0.4, 0.5) is 0 Å². The highest BCUT2D eigenvalue weighted by Crippen LogP contribution is 2.15. The molecule has 0 saturated carbocycles. The summed E-state index contributed by atoms with van der Waals surface area (Å²) in [6, 6.07) is 5.59. The molecule has 1 atom stereocenters. The van der Waals surface area contributed by atoms with Gasteiger partial charge in [-0.25, -0.2) is 0 Å². The molecule has 1 aliphatic rings. The number of hydrogen-bond acceptors (Lipinski definition) is 4. The summed E-state index contributed by atoms with van der Waals surface area (Å²) < 4.78 is 7.24. The zero-order valence-electron chi connectivity index (χ0n) is 15.4. The number of aromatic nitrogens is 2. The van der Waals surface area contributed by atoms with Crippen molar-refractivity contribution in [3.8, 4) is 0 Å². The maximum Gasteiger partial charge on any atom is 0.263 e. The number of ether oxygens (including phenoxy) is 1. The Kier molecular flexibility index (Phi) is 5.83. The lowest BCUT2D eigenvalue weighted by atomic mass is 10.1. The summed E-state index contributed by atoms with van der Waals surface area (Å²) in [4.78, 5) is 31.7. The molecule has 1 aliphatic heterocycles. The Labute approximate surface area is 153 Å². The highest BCUT2D eigenvalue weighted by molar-refractivity contribution is 5.95. The Balaban J connectivity index is 1.86. The van der Waals surface area contributed by atoms with Crippen LogP contribution < -0.4 is 5.56 Å². The number of pyridine rings is 2. The van der Waals surface area contributed by atoms with Gasteiger partial charge in [0, 0.05) is 38.3 Å². The number of aryl methyl sites for hydroxylation is 1. The van der Waals surface area contributed by atoms with E-state index in [0.29, 0.717) is 25.2 Å². The van der Waals surface area contributed by atoms with E-state index < -0.39 is 0 Å². The van der Waals surface area contributed by atoms with Gasteiger partial charge in [-0.2, -0.15) is 0 Å². The second-order valence-electron chi connectivity index (χ2n) is 6.64. The minimum Gasteiger partial charge on any atom is -0.376 e. The summed E-state index contributed by atoms with van der Waals surface area (Å²) in [6.07, 6.45) is 7.19. The average molecular weight is 355 g/mol. The van der Waals surface area contributed by atoms with Gasteiger partial charge in [-0.1, -0.05) is 0 Å². The molecule has 1 fully saturated rings. The smallest absolute Gasteiger partial charge is 0.263 e. The molecule has 2 aromatic rings. The molecule has 1 saturated heterocycles. The number of amides is 1. The van der Waals surface area contributed by atoms with Crippen molar-refractivity contribution in [1.82, 2.24) is 14.5 Å². The predicted molar refractivity (Wildman–Crippen MR) is 99.1 cm³/mol. The van der Waals surface area contributed by atoms with Crippen LogP contribution in [-0.4, -0.2) is 39.6 Å². The zero-order chi connectivity index (χ0) is 18.5. The molecule has 0 spiro atoms. The SMILES string of the molecule is CCN(Cc1ccncc1)C(=O)c1c(C)ccn(CC2CCCO2)c1=O. The van der Waals surface area contributed by atoms with Gasteiger partial charge in [0.1, 0.15) is 5.56 Å². The Morgan fingerprint density at radius 2 is 2.12 bits per heavy atom. The number of carbonyl (C=O) groups excluding carboxylic acids is 1. The minimum atomic E-state index is -0.237. The van der Waals surface area contributed by atoms with Gasteiger partial charge in [0.05, 0.1) is 12.6 Å². The van der Waals surface area contributed by atoms with Gasteiger partial charge >= 0.3 is 0 Å². The van der Waals surface area contributed by atoms with Gasteiger partial charge in [0.15, 0.2) is 0 Å². The number of rotatable bonds is 6. The lowest BCUT2D eigenvalue weighted by Gasteiger charge is -2.22. The third kappa shape index (κ3) is 4.02. The van der Waals surface area contributed by atoms with Gasteiger partial charge in [-0.3, -0.25) is 14.6 Å². The standard InChI is InChI=1S/C20H25N3O3/c1-3-22(13-16-6-9-21-10-7-16)19(24)18-15(2)8-11-23(20(18)25)14-17-5-4-12-26-17/h6-11,17H,3-5,12-14H2,1-2H3. The average Bonchev–Trinajstić information content (AvgIpc) is 3.16. The molecule has 1 amide bonds. The fraction of sp³-hybridized carbons (Fsp3) is 0.450. The highest BCUT2D eigenvalue weighted by atomic mass is 16.5. The first-order valence-electron chi connectivity index (χ1n) is 9.10. The van der Waals surface area contributed by atoms with Crippen LogP contribution in [0.3, 0.4) is 0 Å². The molecule has 26 heavy (non-hydrogen) atoms. The molecule has 6 nitrogen and oxygen atoms in total. The summed E-state index contributed by atoms with van der Waals surface area (Å²) in [6.45, 7) is 5.95. The topological polar surface area (TPSA) is 64.4 Å². The molecule has 0 N–H and O–H groups in total. The molecular formula is C20H25N3O3. The lowest BCUT2D eigenvalue weighted by Crippen LogP contribution is -2.38. The van der Waals surface area contributed by atoms with Crippen molar-refractivity contribution in [1.29, 1.82) is 0 Å². The van der Waals surface area contributed by atoms with E-state index in [-0.39, 0.29) is 23.1 Å². The monoisotopic (exact) mass is 355 g/mol. The predicted octanol–water partition coefficient (Wildman–Crippen LogP) is 2.39. The Bertz CT molecular complexity index is 811. The van der Waals surface area contributed by atoms with E-state index in [2.05, 4.69) is 4.98 Å². The maximum atomic E-state index is 13.1. The van der Waals surface area contributed by atoms with E-state index in [9.17, 15) is 9.59 Å². The van der Waals surface area contributed by atoms with E-state index in [1.165, 1.54) is 0 Å². The first-order valence-corrected chi connectivity index (χ1v) is 9.10. The number of hydrogen-bond donors (Lipinski definition) is 0. The molecule has 0 radical (unpaired) electrons. The summed E-state index contributed by atoms with van der Waals surface area (Å²) in [5.74, 6) is -0.228. The molecule has 138 valence electrons. The maximum absolute atomic E-state index is 13.1. The largest absolute Gasteiger partial charge is 0.376 e. The fourth-order valence-corrected chi connectivity index (χ4v) is 3.27. The summed E-state index contributed by atoms with van der Waals surface area (Å²) in [5.41, 5.74) is 1.71. The molecule has 0 aromatic carbocycles. The second kappa shape index (κ2) is 8.27. The van der Waals surface area contributed by atoms with Crippen molar-refractivity contribution >= 4 is 5.91 Å². The Hall–Kier alpha value is -2.47. The van der Waals surface area contributed by atoms with Gasteiger partial charge in [0.2, 0.25) is 0 Å². The van der Waals surface area contributed by atoms with Crippen LogP contribution in [0.1, 0.15) is 41.3 Å². The van der Waals surface area contributed by atoms with Gasteiger partial charge in [-0.05, 0) is 56.0 Å². The fourth-order valence-electron chi connectivity index (χ4n) is 3.27. The molecule has 0 aliphatic carbocycles. The van der Waals surface area contributed by atoms with Gasteiger partial charge in [0.25, 0.3) is 11.5 Å². The Morgan fingerprint density at radius 1 is 1.35 bits per heavy atom. The molecule has 3 heterocycles. The molecule has 3 rings (SSSR count). The van der Waals surface area contributed by atoms with E-state index >= 15 is 0 Å². The number of nitrogens with zero attached hydrogens (tertiary/aromatic N) is 3. The third-order valence-electron chi connectivity index (χ3n) is 4.80. The molecule has 2 aromatic heterocycles. The van der Waals surface area contributed by atoms with E-state index in [4.69, 9.17) is 4.74 Å². The van der Waals surface area contributed by atoms with Crippen LogP contribution in [0.15, 0.2) is 41.6 Å². The lowest BCUT2D eigenvalue weighted by molar-refractivity contribution is 0.0746. The van der Waals surface area contributed by atoms with Crippen molar-refractivity contribution in [2.75, 3.05) is 13.2 Å². The molecule has 0 bridgehead atoms. The van der Waals surface area contributed by atoms with Gasteiger partial charge in [-0.15, -0.1) is 0 Å². The first kappa shape index (κ1) is 18.3. The van der Waals surface area contributed by atoms with Crippen molar-refractivity contribution in [3.63, 3.8) is 0 Å². The van der Waals surface area contributed by atoms with Gasteiger partial charge < -0.3 is 14.2 Å². The van der Waals surface area contributed by atoms with Crippen LogP contribution >= 0.6 is 0 Å². The molecule has 6 heteroatoms. The highest BCUT2D eigenvalue weighted by Gasteiger charge is 2.23. The van der Waals surface area contributed by atoms with E-state index in [1.54, 1.807) is 28.1 Å². The van der Waals surface area contributed by atoms with Crippen molar-refractivity contribution < 1.29 is 9.53 Å². The quantitative estimate of drug-likeness (QED) is 0.798. The summed E-state index contributed by atoms with van der Waals surface area (Å²) in [5, 5.41) is 0. The van der Waals surface area contributed by atoms with Crippen molar-refractivity contribution in [3.05, 3.63) is 63.8 Å². The molecule has 1 unspecified atom stereocenters. The first-order chi connectivity index (χ1) is 12.6. The van der Waals surface area contributed by atoms with E-state index in [1.807, 2.05) is 32.0 Å².